The monoisotopic (exact) mass is 370 g/mol. The van der Waals surface area contributed by atoms with E-state index in [1.54, 1.807) is 32.0 Å². The third-order valence-corrected chi connectivity index (χ3v) is 4.82. The summed E-state index contributed by atoms with van der Waals surface area (Å²) >= 11 is 1.69. The molecule has 0 heterocycles. The van der Waals surface area contributed by atoms with Crippen LogP contribution >= 0.6 is 11.8 Å². The van der Waals surface area contributed by atoms with Crippen molar-refractivity contribution in [3.05, 3.63) is 59.2 Å². The molecular formula is C20H22N2O3S. The quantitative estimate of drug-likeness (QED) is 0.687. The summed E-state index contributed by atoms with van der Waals surface area (Å²) in [6.45, 7) is 0.580. The van der Waals surface area contributed by atoms with Crippen molar-refractivity contribution in [3.8, 4) is 17.6 Å². The lowest BCUT2D eigenvalue weighted by Gasteiger charge is -2.11. The lowest BCUT2D eigenvalue weighted by Crippen LogP contribution is -2.27. The van der Waals surface area contributed by atoms with E-state index in [2.05, 4.69) is 11.4 Å². The normalized spacial score (nSPS) is 10.0. The number of benzene rings is 2. The van der Waals surface area contributed by atoms with E-state index < -0.39 is 0 Å². The third-order valence-electron chi connectivity index (χ3n) is 3.81. The number of nitrogens with one attached hydrogen (secondary N) is 1. The highest BCUT2D eigenvalue weighted by molar-refractivity contribution is 7.98. The van der Waals surface area contributed by atoms with E-state index in [-0.39, 0.29) is 12.3 Å². The molecule has 1 amide bonds. The van der Waals surface area contributed by atoms with E-state index in [9.17, 15) is 4.79 Å². The topological polar surface area (TPSA) is 71.3 Å². The number of hydrogen-bond donors (Lipinski definition) is 1. The van der Waals surface area contributed by atoms with E-state index in [0.717, 1.165) is 22.6 Å². The maximum Gasteiger partial charge on any atom is 0.224 e. The lowest BCUT2D eigenvalue weighted by molar-refractivity contribution is -0.120. The Bertz CT molecular complexity index is 787. The van der Waals surface area contributed by atoms with Crippen molar-refractivity contribution in [1.82, 2.24) is 5.32 Å². The van der Waals surface area contributed by atoms with Gasteiger partial charge in [0.1, 0.15) is 11.5 Å². The molecule has 5 nitrogen and oxygen atoms in total. The Labute approximate surface area is 158 Å². The standard InChI is InChI=1S/C20H22N2O3S/c1-24-18-8-7-15(19(12-18)25-2)11-20(23)22-9-10-26-14-17-6-4-3-5-16(17)13-21/h3-8,12H,9-11,14H2,1-2H3,(H,22,23). The number of carbonyl (C=O) groups is 1. The van der Waals surface area contributed by atoms with Gasteiger partial charge in [0.2, 0.25) is 5.91 Å². The summed E-state index contributed by atoms with van der Waals surface area (Å²) in [5.41, 5.74) is 2.55. The van der Waals surface area contributed by atoms with E-state index in [1.165, 1.54) is 0 Å². The van der Waals surface area contributed by atoms with Crippen molar-refractivity contribution in [2.45, 2.75) is 12.2 Å². The molecule has 0 aromatic heterocycles. The van der Waals surface area contributed by atoms with Gasteiger partial charge < -0.3 is 14.8 Å². The molecule has 2 aromatic rings. The van der Waals surface area contributed by atoms with Gasteiger partial charge in [0.25, 0.3) is 0 Å². The van der Waals surface area contributed by atoms with Crippen LogP contribution in [-0.4, -0.2) is 32.4 Å². The molecule has 0 aliphatic heterocycles. The molecule has 0 saturated carbocycles. The van der Waals surface area contributed by atoms with Gasteiger partial charge in [0.05, 0.1) is 32.3 Å². The second kappa shape index (κ2) is 10.4. The number of carbonyl (C=O) groups excluding carboxylic acids is 1. The number of amides is 1. The molecule has 0 aliphatic rings. The summed E-state index contributed by atoms with van der Waals surface area (Å²) in [7, 11) is 3.17. The van der Waals surface area contributed by atoms with Gasteiger partial charge in [-0.05, 0) is 17.7 Å². The Morgan fingerprint density at radius 2 is 1.96 bits per heavy atom. The molecule has 0 radical (unpaired) electrons. The number of rotatable bonds is 9. The first-order valence-corrected chi connectivity index (χ1v) is 9.36. The number of nitrogens with zero attached hydrogens (tertiary/aromatic N) is 1. The second-order valence-electron chi connectivity index (χ2n) is 5.53. The van der Waals surface area contributed by atoms with Gasteiger partial charge in [-0.25, -0.2) is 0 Å². The third kappa shape index (κ3) is 5.71. The summed E-state index contributed by atoms with van der Waals surface area (Å²) < 4.78 is 10.5. The largest absolute Gasteiger partial charge is 0.497 e. The molecule has 2 aromatic carbocycles. The van der Waals surface area contributed by atoms with Crippen LogP contribution in [0.5, 0.6) is 11.5 Å². The highest BCUT2D eigenvalue weighted by atomic mass is 32.2. The van der Waals surface area contributed by atoms with Gasteiger partial charge in [-0.3, -0.25) is 4.79 Å². The summed E-state index contributed by atoms with van der Waals surface area (Å²) in [5, 5.41) is 12.0. The Kier molecular flexibility index (Phi) is 7.84. The molecule has 0 bridgehead atoms. The Balaban J connectivity index is 1.75. The summed E-state index contributed by atoms with van der Waals surface area (Å²) in [5.74, 6) is 2.82. The zero-order valence-electron chi connectivity index (χ0n) is 15.0. The van der Waals surface area contributed by atoms with Crippen molar-refractivity contribution in [2.75, 3.05) is 26.5 Å². The van der Waals surface area contributed by atoms with E-state index in [1.807, 2.05) is 36.4 Å². The molecule has 6 heteroatoms. The minimum Gasteiger partial charge on any atom is -0.497 e. The van der Waals surface area contributed by atoms with Gasteiger partial charge >= 0.3 is 0 Å². The van der Waals surface area contributed by atoms with E-state index in [4.69, 9.17) is 14.7 Å². The first-order valence-electron chi connectivity index (χ1n) is 8.21. The fraction of sp³-hybridized carbons (Fsp3) is 0.300. The zero-order chi connectivity index (χ0) is 18.8. The van der Waals surface area contributed by atoms with Crippen LogP contribution in [0.15, 0.2) is 42.5 Å². The average molecular weight is 370 g/mol. The van der Waals surface area contributed by atoms with Crippen molar-refractivity contribution in [2.24, 2.45) is 0 Å². The number of thioether (sulfide) groups is 1. The Morgan fingerprint density at radius 3 is 2.69 bits per heavy atom. The van der Waals surface area contributed by atoms with Gasteiger partial charge in [-0.2, -0.15) is 17.0 Å². The zero-order valence-corrected chi connectivity index (χ0v) is 15.8. The lowest BCUT2D eigenvalue weighted by atomic mass is 10.1. The fourth-order valence-electron chi connectivity index (χ4n) is 2.43. The van der Waals surface area contributed by atoms with Crippen LogP contribution < -0.4 is 14.8 Å². The van der Waals surface area contributed by atoms with Gasteiger partial charge in [-0.1, -0.05) is 24.3 Å². The molecule has 2 rings (SSSR count). The fourth-order valence-corrected chi connectivity index (χ4v) is 3.30. The Morgan fingerprint density at radius 1 is 1.15 bits per heavy atom. The Hall–Kier alpha value is -2.65. The molecule has 0 unspecified atom stereocenters. The molecule has 0 spiro atoms. The van der Waals surface area contributed by atoms with Gasteiger partial charge in [-0.15, -0.1) is 0 Å². The predicted octanol–water partition coefficient (Wildman–Crippen LogP) is 3.17. The number of ether oxygens (including phenoxy) is 2. The van der Waals surface area contributed by atoms with Gasteiger partial charge in [0.15, 0.2) is 0 Å². The number of methoxy groups -OCH3 is 2. The van der Waals surface area contributed by atoms with E-state index >= 15 is 0 Å². The minimum atomic E-state index is -0.0495. The molecular weight excluding hydrogens is 348 g/mol. The van der Waals surface area contributed by atoms with Gasteiger partial charge in [0, 0.05) is 29.7 Å². The van der Waals surface area contributed by atoms with Crippen LogP contribution in [0.25, 0.3) is 0 Å². The summed E-state index contributed by atoms with van der Waals surface area (Å²) in [6.07, 6.45) is 0.259. The van der Waals surface area contributed by atoms with Crippen LogP contribution in [0.3, 0.4) is 0 Å². The molecule has 136 valence electrons. The van der Waals surface area contributed by atoms with Crippen LogP contribution in [0.2, 0.25) is 0 Å². The molecule has 0 fully saturated rings. The molecule has 0 aliphatic carbocycles. The number of nitriles is 1. The summed E-state index contributed by atoms with van der Waals surface area (Å²) in [4.78, 5) is 12.1. The van der Waals surface area contributed by atoms with Crippen LogP contribution in [0, 0.1) is 11.3 Å². The molecule has 1 N–H and O–H groups in total. The van der Waals surface area contributed by atoms with Crippen molar-refractivity contribution < 1.29 is 14.3 Å². The van der Waals surface area contributed by atoms with Crippen molar-refractivity contribution in [3.63, 3.8) is 0 Å². The van der Waals surface area contributed by atoms with Crippen molar-refractivity contribution in [1.29, 1.82) is 5.26 Å². The van der Waals surface area contributed by atoms with Crippen molar-refractivity contribution >= 4 is 17.7 Å². The first kappa shape index (κ1) is 19.7. The van der Waals surface area contributed by atoms with E-state index in [0.29, 0.717) is 23.6 Å². The smallest absolute Gasteiger partial charge is 0.224 e. The van der Waals surface area contributed by atoms with Crippen LogP contribution in [0.4, 0.5) is 0 Å². The van der Waals surface area contributed by atoms with Crippen LogP contribution in [-0.2, 0) is 17.0 Å². The predicted molar refractivity (Wildman–Crippen MR) is 104 cm³/mol. The number of hydrogen-bond acceptors (Lipinski definition) is 5. The highest BCUT2D eigenvalue weighted by Gasteiger charge is 2.10. The van der Waals surface area contributed by atoms with Crippen LogP contribution in [0.1, 0.15) is 16.7 Å². The first-order chi connectivity index (χ1) is 12.7. The average Bonchev–Trinajstić information content (AvgIpc) is 2.68. The molecule has 0 saturated heterocycles. The summed E-state index contributed by atoms with van der Waals surface area (Å²) in [6, 6.07) is 15.2. The maximum atomic E-state index is 12.1. The maximum absolute atomic E-state index is 12.1. The molecule has 26 heavy (non-hydrogen) atoms. The second-order valence-corrected chi connectivity index (χ2v) is 6.63. The SMILES string of the molecule is COc1ccc(CC(=O)NCCSCc2ccccc2C#N)c(OC)c1. The molecule has 0 atom stereocenters. The highest BCUT2D eigenvalue weighted by Crippen LogP contribution is 2.24. The minimum absolute atomic E-state index is 0.0495.